The molecule has 1 N–H and O–H groups in total. The van der Waals surface area contributed by atoms with E-state index in [1.54, 1.807) is 0 Å². The maximum absolute atomic E-state index is 14.9. The van der Waals surface area contributed by atoms with Crippen LogP contribution in [-0.4, -0.2) is 24.5 Å². The van der Waals surface area contributed by atoms with E-state index >= 15 is 0 Å². The van der Waals surface area contributed by atoms with Crippen LogP contribution in [0.2, 0.25) is 5.28 Å². The quantitative estimate of drug-likeness (QED) is 0.0335. The summed E-state index contributed by atoms with van der Waals surface area (Å²) in [6, 6.07) is 0. The monoisotopic (exact) mass is 904 g/mol. The molecule has 1 aliphatic rings. The molecule has 1 aromatic heterocycles. The number of nitrogens with zero attached hydrogens (tertiary/aromatic N) is 1. The number of halogens is 15. The highest BCUT2D eigenvalue weighted by atomic mass is 27.2. The molecule has 19 heteroatoms. The van der Waals surface area contributed by atoms with E-state index in [1.165, 1.54) is 96.3 Å². The molecule has 3 aromatic carbocycles. The number of hydrogen-bond acceptors (Lipinski definition) is 2. The van der Waals surface area contributed by atoms with E-state index in [1.807, 2.05) is 12.4 Å². The van der Waals surface area contributed by atoms with Crippen LogP contribution in [0.15, 0.2) is 12.4 Å². The van der Waals surface area contributed by atoms with Crippen LogP contribution in [0.3, 0.4) is 0 Å². The molecular formula is C42H44AlF15N2O. The Hall–Kier alpha value is -3.69. The van der Waals surface area contributed by atoms with E-state index in [9.17, 15) is 65.9 Å². The number of aryl methyl sites for hydroxylation is 1. The highest BCUT2D eigenvalue weighted by Crippen LogP contribution is 2.49. The van der Waals surface area contributed by atoms with Gasteiger partial charge in [-0.25, -0.2) is 70.8 Å². The van der Waals surface area contributed by atoms with E-state index in [0.29, 0.717) is 0 Å². The molecule has 4 aromatic rings. The first kappa shape index (κ1) is 50.0. The minimum Gasteiger partial charge on any atom is -0.485 e. The first-order chi connectivity index (χ1) is 29.0. The largest absolute Gasteiger partial charge is 0.509 e. The minimum atomic E-state index is -4.51. The normalized spacial score (nSPS) is 13.8. The maximum Gasteiger partial charge on any atom is 0.509 e. The average molecular weight is 905 g/mol. The highest BCUT2D eigenvalue weighted by molar-refractivity contribution is 6.67. The van der Waals surface area contributed by atoms with Crippen molar-refractivity contribution in [2.45, 2.75) is 133 Å². The third-order valence-corrected chi connectivity index (χ3v) is 13.5. The third-order valence-electron chi connectivity index (χ3n) is 10.7. The minimum absolute atomic E-state index is 0.745. The summed E-state index contributed by atoms with van der Waals surface area (Å²) >= 11 is -4.51. The first-order valence-corrected chi connectivity index (χ1v) is 22.1. The molecule has 0 atom stereocenters. The number of imidazole rings is 1. The van der Waals surface area contributed by atoms with Crippen molar-refractivity contribution in [3.63, 3.8) is 0 Å². The topological polar surface area (TPSA) is 37.9 Å². The van der Waals surface area contributed by atoms with Crippen LogP contribution in [0.5, 0.6) is 0 Å². The summed E-state index contributed by atoms with van der Waals surface area (Å²) in [5.74, 6) is -40.0. The summed E-state index contributed by atoms with van der Waals surface area (Å²) in [6.07, 6.45) is 24.1. The Morgan fingerprint density at radius 3 is 1.20 bits per heavy atom. The second-order valence-electron chi connectivity index (χ2n) is 14.9. The van der Waals surface area contributed by atoms with Gasteiger partial charge < -0.3 is 8.77 Å². The van der Waals surface area contributed by atoms with Gasteiger partial charge in [0.05, 0.1) is 11.1 Å². The van der Waals surface area contributed by atoms with Crippen LogP contribution in [0.1, 0.15) is 133 Å². The maximum atomic E-state index is 14.9. The fraction of sp³-hybridized carbons (Fsp3) is 0.500. The molecule has 5 rings (SSSR count). The lowest BCUT2D eigenvalue weighted by molar-refractivity contribution is 0.0629. The molecule has 2 heterocycles. The van der Waals surface area contributed by atoms with Gasteiger partial charge in [-0.15, -0.1) is 0 Å². The molecule has 0 unspecified atom stereocenters. The van der Waals surface area contributed by atoms with Gasteiger partial charge in [-0.2, -0.15) is 0 Å². The Balaban J connectivity index is 0.000000317. The van der Waals surface area contributed by atoms with Crippen LogP contribution >= 0.6 is 0 Å². The molecule has 0 saturated carbocycles. The van der Waals surface area contributed by atoms with Crippen molar-refractivity contribution >= 4 is 18.9 Å². The van der Waals surface area contributed by atoms with Gasteiger partial charge >= 0.3 is 14.5 Å². The van der Waals surface area contributed by atoms with Crippen molar-refractivity contribution in [1.29, 1.82) is 0 Å². The summed E-state index contributed by atoms with van der Waals surface area (Å²) < 4.78 is 217. The van der Waals surface area contributed by atoms with Gasteiger partial charge in [0.15, 0.2) is 75.6 Å². The van der Waals surface area contributed by atoms with Crippen molar-refractivity contribution in [2.24, 2.45) is 0 Å². The number of rotatable bonds is 19. The lowest BCUT2D eigenvalue weighted by atomic mass is 9.80. The molecule has 0 bridgehead atoms. The zero-order valence-electron chi connectivity index (χ0n) is 33.2. The second-order valence-corrected chi connectivity index (χ2v) is 17.3. The standard InChI is InChI=1S/C20H38N2.C16H6F10O.C6F5.Al/c1-2-3-4-5-6-7-8-9-10-11-12-13-14-15-16-17-20-21-18-19-22-20;1-2-3-16(27,4-6(17)10(21)14(25)11(22)7(4)18)5-8(19)12(23)15(26)13(24)9(5)20;7-2-1-3(8)5(10)6(11)4(2)9;/h18-19H,2-17H2,1H3,(H,21,22);1-3H2;;/q;-1;;+1. The molecule has 0 aliphatic carbocycles. The summed E-state index contributed by atoms with van der Waals surface area (Å²) in [7, 11) is 0. The lowest BCUT2D eigenvalue weighted by Crippen LogP contribution is -2.51. The SMILES string of the molecule is CCCCCCCCCCCCCCCCCc1ncc[nH]1.Fc1c(F)c(F)[c]([Al]2[CH2]CCC(c3c(F)c(F)c(F)c(F)c3F)(c3c(F)c(F)c(F)c(F)c3F)[O]2)c(F)c1F. The second kappa shape index (κ2) is 23.1. The zero-order valence-corrected chi connectivity index (χ0v) is 34.3. The molecule has 61 heavy (non-hydrogen) atoms. The van der Waals surface area contributed by atoms with Gasteiger partial charge in [0.25, 0.3) is 0 Å². The summed E-state index contributed by atoms with van der Waals surface area (Å²) in [5.41, 5.74) is -8.52. The molecule has 1 aliphatic heterocycles. The Morgan fingerprint density at radius 2 is 0.836 bits per heavy atom. The molecule has 0 spiro atoms. The van der Waals surface area contributed by atoms with Gasteiger partial charge in [-0.3, -0.25) is 0 Å². The average Bonchev–Trinajstić information content (AvgIpc) is 3.78. The van der Waals surface area contributed by atoms with Crippen molar-refractivity contribution in [2.75, 3.05) is 0 Å². The third kappa shape index (κ3) is 11.5. The number of aromatic nitrogens is 2. The van der Waals surface area contributed by atoms with Gasteiger partial charge in [-0.05, 0) is 17.3 Å². The number of hydrogen-bond donors (Lipinski definition) is 1. The molecule has 1 fully saturated rings. The Morgan fingerprint density at radius 1 is 0.492 bits per heavy atom. The van der Waals surface area contributed by atoms with Crippen molar-refractivity contribution in [1.82, 2.24) is 9.97 Å². The van der Waals surface area contributed by atoms with Crippen LogP contribution in [0, 0.1) is 87.3 Å². The van der Waals surface area contributed by atoms with E-state index < -0.39 is 141 Å². The summed E-state index contributed by atoms with van der Waals surface area (Å²) in [6.45, 7) is 2.29. The lowest BCUT2D eigenvalue weighted by Gasteiger charge is -2.42. The summed E-state index contributed by atoms with van der Waals surface area (Å²) in [4.78, 5) is 7.44. The van der Waals surface area contributed by atoms with Crippen LogP contribution in [-0.2, 0) is 15.8 Å². The molecule has 3 nitrogen and oxygen atoms in total. The van der Waals surface area contributed by atoms with Gasteiger partial charge in [-0.1, -0.05) is 109 Å². The molecule has 1 saturated heterocycles. The van der Waals surface area contributed by atoms with Crippen molar-refractivity contribution in [3.8, 4) is 0 Å². The highest BCUT2D eigenvalue weighted by Gasteiger charge is 2.54. The van der Waals surface area contributed by atoms with E-state index in [0.717, 1.165) is 12.2 Å². The number of aromatic amines is 1. The fourth-order valence-electron chi connectivity index (χ4n) is 7.52. The predicted molar refractivity (Wildman–Crippen MR) is 197 cm³/mol. The first-order valence-electron chi connectivity index (χ1n) is 20.2. The van der Waals surface area contributed by atoms with Gasteiger partial charge in [0.1, 0.15) is 11.4 Å². The zero-order chi connectivity index (χ0) is 45.0. The number of benzene rings is 3. The van der Waals surface area contributed by atoms with Crippen LogP contribution in [0.25, 0.3) is 0 Å². The number of nitrogens with one attached hydrogen (secondary N) is 1. The van der Waals surface area contributed by atoms with Crippen LogP contribution in [0.4, 0.5) is 65.9 Å². The van der Waals surface area contributed by atoms with E-state index in [-0.39, 0.29) is 0 Å². The van der Waals surface area contributed by atoms with Crippen LogP contribution < -0.4 is 4.43 Å². The van der Waals surface area contributed by atoms with E-state index in [2.05, 4.69) is 16.9 Å². The Kier molecular flexibility index (Phi) is 18.9. The fourth-order valence-corrected chi connectivity index (χ4v) is 10.3. The number of unbranched alkanes of at least 4 members (excludes halogenated alkanes) is 14. The van der Waals surface area contributed by atoms with Crippen molar-refractivity contribution < 1.29 is 69.6 Å². The predicted octanol–water partition coefficient (Wildman–Crippen LogP) is 13.5. The molecule has 336 valence electrons. The summed E-state index contributed by atoms with van der Waals surface area (Å²) in [5, 5.41) is -0.745. The number of H-pyrrole nitrogens is 1. The van der Waals surface area contributed by atoms with Gasteiger partial charge in [0.2, 0.25) is 11.6 Å². The Labute approximate surface area is 347 Å². The van der Waals surface area contributed by atoms with E-state index in [4.69, 9.17) is 3.79 Å². The molecule has 0 amide bonds. The Bertz CT molecular complexity index is 1930. The molecule has 0 radical (unpaired) electrons. The van der Waals surface area contributed by atoms with Gasteiger partial charge in [0, 0.05) is 18.8 Å². The molecular weight excluding hydrogens is 860 g/mol. The smallest absolute Gasteiger partial charge is 0.485 e. The van der Waals surface area contributed by atoms with Crippen molar-refractivity contribution in [3.05, 3.63) is 117 Å².